The zero-order valence-electron chi connectivity index (χ0n) is 14.2. The van der Waals surface area contributed by atoms with E-state index in [0.717, 1.165) is 18.3 Å². The smallest absolute Gasteiger partial charge is 0.300 e. The number of amides is 1. The predicted octanol–water partition coefficient (Wildman–Crippen LogP) is 1.43. The summed E-state index contributed by atoms with van der Waals surface area (Å²) in [6, 6.07) is 4.37. The van der Waals surface area contributed by atoms with Crippen molar-refractivity contribution in [3.05, 3.63) is 39.2 Å². The summed E-state index contributed by atoms with van der Waals surface area (Å²) in [4.78, 5) is 13.0. The molecule has 0 aromatic heterocycles. The normalized spacial score (nSPS) is 21.3. The molecule has 10 heteroatoms. The quantitative estimate of drug-likeness (QED) is 0.623. The largest absolute Gasteiger partial charge is 0.373 e. The van der Waals surface area contributed by atoms with Crippen molar-refractivity contribution in [1.82, 2.24) is 13.9 Å². The van der Waals surface area contributed by atoms with Gasteiger partial charge in [0, 0.05) is 36.6 Å². The van der Waals surface area contributed by atoms with Gasteiger partial charge in [0.05, 0.1) is 5.70 Å². The third-order valence-electron chi connectivity index (χ3n) is 3.77. The molecule has 2 rings (SSSR count). The van der Waals surface area contributed by atoms with Crippen LogP contribution >= 0.6 is 22.6 Å². The van der Waals surface area contributed by atoms with Gasteiger partial charge in [-0.15, -0.1) is 0 Å². The van der Waals surface area contributed by atoms with E-state index in [1.165, 1.54) is 27.3 Å². The van der Waals surface area contributed by atoms with Crippen molar-refractivity contribution in [1.29, 1.82) is 0 Å². The van der Waals surface area contributed by atoms with Gasteiger partial charge in [-0.25, -0.2) is 4.39 Å². The van der Waals surface area contributed by atoms with E-state index in [1.807, 2.05) is 19.1 Å². The van der Waals surface area contributed by atoms with Gasteiger partial charge in [0.25, 0.3) is 5.91 Å². The first-order chi connectivity index (χ1) is 11.5. The van der Waals surface area contributed by atoms with Gasteiger partial charge in [0.15, 0.2) is 0 Å². The van der Waals surface area contributed by atoms with Crippen LogP contribution in [0, 0.1) is 10.5 Å². The molecule has 0 spiro atoms. The first-order valence-corrected chi connectivity index (χ1v) is 9.90. The lowest BCUT2D eigenvalue weighted by Gasteiger charge is -2.33. The lowest BCUT2D eigenvalue weighted by Crippen LogP contribution is -2.52. The Hall–Kier alpha value is -1.40. The number of carbonyl (C=O) groups is 1. The average Bonchev–Trinajstić information content (AvgIpc) is 2.50. The maximum Gasteiger partial charge on any atom is 0.300 e. The Bertz CT molecular complexity index is 813. The van der Waals surface area contributed by atoms with E-state index in [4.69, 9.17) is 0 Å². The van der Waals surface area contributed by atoms with Gasteiger partial charge in [-0.3, -0.25) is 9.52 Å². The second kappa shape index (κ2) is 7.46. The number of hydrogen-bond acceptors (Lipinski definition) is 4. The molecule has 2 N–H and O–H groups in total. The molecular formula is C15H20FIN4O3S. The molecule has 1 aliphatic rings. The van der Waals surface area contributed by atoms with Crippen LogP contribution in [0.15, 0.2) is 30.1 Å². The summed E-state index contributed by atoms with van der Waals surface area (Å²) in [7, 11) is 0.266. The molecule has 1 aliphatic heterocycles. The number of benzene rings is 1. The summed E-state index contributed by atoms with van der Waals surface area (Å²) >= 11 is 2.16. The Morgan fingerprint density at radius 2 is 1.96 bits per heavy atom. The Kier molecular flexibility index (Phi) is 5.94. The Morgan fingerprint density at radius 1 is 1.32 bits per heavy atom. The molecule has 2 atom stereocenters. The molecule has 2 unspecified atom stereocenters. The first kappa shape index (κ1) is 19.9. The van der Waals surface area contributed by atoms with Crippen LogP contribution in [0.4, 0.5) is 10.1 Å². The van der Waals surface area contributed by atoms with E-state index in [1.54, 1.807) is 6.07 Å². The molecule has 25 heavy (non-hydrogen) atoms. The minimum Gasteiger partial charge on any atom is -0.373 e. The number of hydrogen-bond donors (Lipinski definition) is 2. The summed E-state index contributed by atoms with van der Waals surface area (Å²) in [5.74, 6) is -0.742. The fourth-order valence-corrected chi connectivity index (χ4v) is 3.59. The van der Waals surface area contributed by atoms with Gasteiger partial charge in [-0.1, -0.05) is 0 Å². The van der Waals surface area contributed by atoms with E-state index in [2.05, 4.69) is 32.6 Å². The van der Waals surface area contributed by atoms with Crippen LogP contribution in [0.25, 0.3) is 0 Å². The van der Waals surface area contributed by atoms with Crippen molar-refractivity contribution >= 4 is 44.4 Å². The molecule has 0 saturated carbocycles. The van der Waals surface area contributed by atoms with Crippen LogP contribution in [-0.4, -0.2) is 56.9 Å². The third-order valence-corrected chi connectivity index (χ3v) is 5.90. The van der Waals surface area contributed by atoms with Gasteiger partial charge >= 0.3 is 10.2 Å². The van der Waals surface area contributed by atoms with E-state index in [-0.39, 0.29) is 5.70 Å². The second-order valence-electron chi connectivity index (χ2n) is 5.91. The van der Waals surface area contributed by atoms with E-state index in [9.17, 15) is 17.6 Å². The number of anilines is 1. The molecular weight excluding hydrogens is 462 g/mol. The summed E-state index contributed by atoms with van der Waals surface area (Å²) in [5, 5.41) is 2.95. The van der Waals surface area contributed by atoms with Crippen LogP contribution in [0.3, 0.4) is 0 Å². The molecule has 0 fully saturated rings. The predicted molar refractivity (Wildman–Crippen MR) is 103 cm³/mol. The molecule has 1 heterocycles. The highest BCUT2D eigenvalue weighted by atomic mass is 127. The summed E-state index contributed by atoms with van der Waals surface area (Å²) in [5.41, 5.74) is 1.54. The highest BCUT2D eigenvalue weighted by Gasteiger charge is 2.39. The zero-order chi connectivity index (χ0) is 18.9. The standard InChI is InChI=1S/C15H20FIN4O3S/c1-9-7-10(17)5-6-11(9)18-14-12(19-25(23,24)20(2)3)8-21(4)15(22)13(14)16/h5-8,13-14,18-19H,1-4H3. The maximum absolute atomic E-state index is 14.7. The number of aryl methyl sites for hydroxylation is 1. The molecule has 0 aliphatic carbocycles. The van der Waals surface area contributed by atoms with Gasteiger partial charge in [0.1, 0.15) is 6.04 Å². The SMILES string of the molecule is Cc1cc(I)ccc1NC1C(NS(=O)(=O)N(C)C)=CN(C)C(=O)C1F. The van der Waals surface area contributed by atoms with Crippen molar-refractivity contribution in [2.24, 2.45) is 0 Å². The van der Waals surface area contributed by atoms with Gasteiger partial charge in [0.2, 0.25) is 6.17 Å². The van der Waals surface area contributed by atoms with E-state index >= 15 is 0 Å². The van der Waals surface area contributed by atoms with Crippen molar-refractivity contribution in [2.75, 3.05) is 26.5 Å². The van der Waals surface area contributed by atoms with Crippen molar-refractivity contribution in [3.8, 4) is 0 Å². The van der Waals surface area contributed by atoms with E-state index < -0.39 is 28.3 Å². The fourth-order valence-electron chi connectivity index (χ4n) is 2.28. The van der Waals surface area contributed by atoms with E-state index in [0.29, 0.717) is 5.69 Å². The number of halogens is 2. The molecule has 1 aromatic rings. The highest BCUT2D eigenvalue weighted by Crippen LogP contribution is 2.25. The second-order valence-corrected chi connectivity index (χ2v) is 9.04. The zero-order valence-corrected chi connectivity index (χ0v) is 17.2. The van der Waals surface area contributed by atoms with Crippen molar-refractivity contribution in [2.45, 2.75) is 19.1 Å². The summed E-state index contributed by atoms with van der Waals surface area (Å²) in [6.45, 7) is 1.85. The minimum absolute atomic E-state index is 0.0567. The van der Waals surface area contributed by atoms with Crippen molar-refractivity contribution in [3.63, 3.8) is 0 Å². The molecule has 1 amide bonds. The van der Waals surface area contributed by atoms with Crippen molar-refractivity contribution < 1.29 is 17.6 Å². The maximum atomic E-state index is 14.7. The van der Waals surface area contributed by atoms with Gasteiger partial charge in [-0.05, 0) is 53.3 Å². The topological polar surface area (TPSA) is 81.8 Å². The molecule has 0 bridgehead atoms. The number of alkyl halides is 1. The molecule has 7 nitrogen and oxygen atoms in total. The average molecular weight is 482 g/mol. The number of nitrogens with one attached hydrogen (secondary N) is 2. The van der Waals surface area contributed by atoms with Gasteiger partial charge in [-0.2, -0.15) is 12.7 Å². The van der Waals surface area contributed by atoms with Crippen LogP contribution in [-0.2, 0) is 15.0 Å². The van der Waals surface area contributed by atoms with Gasteiger partial charge < -0.3 is 10.2 Å². The Balaban J connectivity index is 2.39. The summed E-state index contributed by atoms with van der Waals surface area (Å²) < 4.78 is 43.2. The van der Waals surface area contributed by atoms with Crippen LogP contribution in [0.1, 0.15) is 5.56 Å². The van der Waals surface area contributed by atoms with Crippen LogP contribution in [0.2, 0.25) is 0 Å². The van der Waals surface area contributed by atoms with Crippen LogP contribution in [0.5, 0.6) is 0 Å². The van der Waals surface area contributed by atoms with Crippen LogP contribution < -0.4 is 10.0 Å². The molecule has 138 valence electrons. The minimum atomic E-state index is -3.83. The first-order valence-electron chi connectivity index (χ1n) is 7.38. The number of rotatable bonds is 5. The molecule has 0 radical (unpaired) electrons. The summed E-state index contributed by atoms with van der Waals surface area (Å²) in [6.07, 6.45) is -0.632. The Labute approximate surface area is 160 Å². The lowest BCUT2D eigenvalue weighted by atomic mass is 10.0. The number of nitrogens with zero attached hydrogens (tertiary/aromatic N) is 2. The monoisotopic (exact) mass is 482 g/mol. The lowest BCUT2D eigenvalue weighted by molar-refractivity contribution is -0.133. The molecule has 1 aromatic carbocycles. The number of carbonyl (C=O) groups excluding carboxylic acids is 1. The fraction of sp³-hybridized carbons (Fsp3) is 0.400. The highest BCUT2D eigenvalue weighted by molar-refractivity contribution is 14.1. The molecule has 0 saturated heterocycles. The third kappa shape index (κ3) is 4.42. The Morgan fingerprint density at radius 3 is 2.52 bits per heavy atom.